The van der Waals surface area contributed by atoms with Gasteiger partial charge in [-0.15, -0.1) is 0 Å². The molecule has 1 N–H and O–H groups in total. The maximum atomic E-state index is 6.62. The molecule has 0 bridgehead atoms. The summed E-state index contributed by atoms with van der Waals surface area (Å²) in [5, 5.41) is 4.36. The van der Waals surface area contributed by atoms with Gasteiger partial charge in [0.1, 0.15) is 13.2 Å². The lowest BCUT2D eigenvalue weighted by Crippen LogP contribution is -2.36. The fraction of sp³-hybridized carbons (Fsp3) is 0.647. The molecule has 3 rings (SSSR count). The lowest BCUT2D eigenvalue weighted by molar-refractivity contribution is 0.171. The molecule has 2 heterocycles. The van der Waals surface area contributed by atoms with Crippen molar-refractivity contribution >= 4 is 11.6 Å². The highest BCUT2D eigenvalue weighted by Crippen LogP contribution is 2.44. The molecular weight excluding hydrogens is 286 g/mol. The van der Waals surface area contributed by atoms with Gasteiger partial charge in [0.15, 0.2) is 11.5 Å². The molecule has 0 aliphatic carbocycles. The number of fused-ring (bicyclic) bond motifs is 1. The molecule has 0 aromatic heterocycles. The fourth-order valence-electron chi connectivity index (χ4n) is 3.37. The van der Waals surface area contributed by atoms with Crippen LogP contribution in [0.4, 0.5) is 0 Å². The largest absolute Gasteiger partial charge is 0.486 e. The van der Waals surface area contributed by atoms with Crippen molar-refractivity contribution in [1.29, 1.82) is 0 Å². The van der Waals surface area contributed by atoms with Crippen molar-refractivity contribution in [2.45, 2.75) is 51.5 Å². The Kier molecular flexibility index (Phi) is 4.60. The number of hydrogen-bond donors (Lipinski definition) is 1. The molecule has 1 unspecified atom stereocenters. The van der Waals surface area contributed by atoms with Gasteiger partial charge in [-0.1, -0.05) is 31.9 Å². The second-order valence-corrected chi connectivity index (χ2v) is 6.67. The first kappa shape index (κ1) is 15.0. The smallest absolute Gasteiger partial charge is 0.180 e. The Bertz CT molecular complexity index is 510. The normalized spacial score (nSPS) is 21.6. The van der Waals surface area contributed by atoms with E-state index in [1.54, 1.807) is 0 Å². The van der Waals surface area contributed by atoms with Crippen molar-refractivity contribution in [3.8, 4) is 11.5 Å². The monoisotopic (exact) mass is 309 g/mol. The second kappa shape index (κ2) is 6.45. The SMILES string of the molecule is CC(C)c1c(CC2CCCCN2)cc2c(c1Cl)OCCO2. The van der Waals surface area contributed by atoms with E-state index in [9.17, 15) is 0 Å². The number of nitrogens with one attached hydrogen (secondary N) is 1. The molecule has 0 radical (unpaired) electrons. The van der Waals surface area contributed by atoms with E-state index in [1.165, 1.54) is 30.4 Å². The second-order valence-electron chi connectivity index (χ2n) is 6.29. The summed E-state index contributed by atoms with van der Waals surface area (Å²) in [6, 6.07) is 2.70. The topological polar surface area (TPSA) is 30.5 Å². The van der Waals surface area contributed by atoms with Crippen LogP contribution in [0.1, 0.15) is 50.2 Å². The van der Waals surface area contributed by atoms with Gasteiger partial charge >= 0.3 is 0 Å². The van der Waals surface area contributed by atoms with Crippen LogP contribution in [0.5, 0.6) is 11.5 Å². The fourth-order valence-corrected chi connectivity index (χ4v) is 3.85. The van der Waals surface area contributed by atoms with Gasteiger partial charge in [0.05, 0.1) is 5.02 Å². The number of ether oxygens (including phenoxy) is 2. The number of piperidine rings is 1. The standard InChI is InChI=1S/C17H24ClNO2/c1-11(2)15-12(9-13-5-3-4-6-19-13)10-14-17(16(15)18)21-8-7-20-14/h10-11,13,19H,3-9H2,1-2H3. The van der Waals surface area contributed by atoms with Gasteiger partial charge < -0.3 is 14.8 Å². The first-order valence-corrected chi connectivity index (χ1v) is 8.39. The van der Waals surface area contributed by atoms with Crippen LogP contribution in [0.3, 0.4) is 0 Å². The quantitative estimate of drug-likeness (QED) is 0.918. The van der Waals surface area contributed by atoms with E-state index in [4.69, 9.17) is 21.1 Å². The molecule has 4 heteroatoms. The highest BCUT2D eigenvalue weighted by molar-refractivity contribution is 6.33. The summed E-state index contributed by atoms with van der Waals surface area (Å²) >= 11 is 6.62. The van der Waals surface area contributed by atoms with Crippen LogP contribution in [0.25, 0.3) is 0 Å². The van der Waals surface area contributed by atoms with Gasteiger partial charge in [-0.3, -0.25) is 0 Å². The molecule has 116 valence electrons. The minimum atomic E-state index is 0.381. The maximum absolute atomic E-state index is 6.62. The molecule has 0 spiro atoms. The van der Waals surface area contributed by atoms with E-state index < -0.39 is 0 Å². The van der Waals surface area contributed by atoms with Gasteiger partial charge in [-0.2, -0.15) is 0 Å². The van der Waals surface area contributed by atoms with Crippen LogP contribution in [0, 0.1) is 0 Å². The first-order chi connectivity index (χ1) is 10.2. The van der Waals surface area contributed by atoms with Crippen molar-refractivity contribution in [3.63, 3.8) is 0 Å². The predicted molar refractivity (Wildman–Crippen MR) is 85.9 cm³/mol. The number of halogens is 1. The molecule has 0 saturated carbocycles. The van der Waals surface area contributed by atoms with Crippen molar-refractivity contribution in [2.24, 2.45) is 0 Å². The van der Waals surface area contributed by atoms with Gasteiger partial charge in [0.2, 0.25) is 0 Å². The Hall–Kier alpha value is -0.930. The van der Waals surface area contributed by atoms with Crippen LogP contribution in [0.2, 0.25) is 5.02 Å². The zero-order chi connectivity index (χ0) is 14.8. The third kappa shape index (κ3) is 3.14. The van der Waals surface area contributed by atoms with Crippen LogP contribution in [-0.4, -0.2) is 25.8 Å². The van der Waals surface area contributed by atoms with Gasteiger partial charge in [0, 0.05) is 6.04 Å². The molecular formula is C17H24ClNO2. The first-order valence-electron chi connectivity index (χ1n) is 8.01. The predicted octanol–water partition coefficient (Wildman–Crippen LogP) is 3.92. The van der Waals surface area contributed by atoms with E-state index in [1.807, 2.05) is 0 Å². The van der Waals surface area contributed by atoms with Gasteiger partial charge in [-0.25, -0.2) is 0 Å². The summed E-state index contributed by atoms with van der Waals surface area (Å²) in [5.41, 5.74) is 2.52. The zero-order valence-corrected chi connectivity index (χ0v) is 13.6. The summed E-state index contributed by atoms with van der Waals surface area (Å²) in [6.45, 7) is 6.68. The van der Waals surface area contributed by atoms with Gasteiger partial charge in [-0.05, 0) is 48.9 Å². The third-order valence-corrected chi connectivity index (χ3v) is 4.73. The third-order valence-electron chi connectivity index (χ3n) is 4.35. The molecule has 1 atom stereocenters. The lowest BCUT2D eigenvalue weighted by Gasteiger charge is -2.28. The zero-order valence-electron chi connectivity index (χ0n) is 12.9. The molecule has 3 nitrogen and oxygen atoms in total. The summed E-state index contributed by atoms with van der Waals surface area (Å²) < 4.78 is 11.5. The molecule has 2 aliphatic heterocycles. The van der Waals surface area contributed by atoms with Crippen molar-refractivity contribution < 1.29 is 9.47 Å². The van der Waals surface area contributed by atoms with E-state index >= 15 is 0 Å². The Labute approximate surface area is 132 Å². The molecule has 2 aliphatic rings. The Morgan fingerprint density at radius 2 is 2.10 bits per heavy atom. The Balaban J connectivity index is 1.95. The Morgan fingerprint density at radius 1 is 1.29 bits per heavy atom. The van der Waals surface area contributed by atoms with Crippen molar-refractivity contribution in [3.05, 3.63) is 22.2 Å². The van der Waals surface area contributed by atoms with E-state index in [-0.39, 0.29) is 0 Å². The van der Waals surface area contributed by atoms with Crippen molar-refractivity contribution in [1.82, 2.24) is 5.32 Å². The van der Waals surface area contributed by atoms with Gasteiger partial charge in [0.25, 0.3) is 0 Å². The van der Waals surface area contributed by atoms with E-state index in [2.05, 4.69) is 25.2 Å². The maximum Gasteiger partial charge on any atom is 0.180 e. The molecule has 0 amide bonds. The minimum Gasteiger partial charge on any atom is -0.486 e. The molecule has 21 heavy (non-hydrogen) atoms. The van der Waals surface area contributed by atoms with Crippen LogP contribution in [-0.2, 0) is 6.42 Å². The summed E-state index contributed by atoms with van der Waals surface area (Å²) in [7, 11) is 0. The molecule has 1 saturated heterocycles. The van der Waals surface area contributed by atoms with Crippen LogP contribution >= 0.6 is 11.6 Å². The van der Waals surface area contributed by atoms with Crippen LogP contribution in [0.15, 0.2) is 6.07 Å². The van der Waals surface area contributed by atoms with E-state index in [0.717, 1.165) is 29.5 Å². The summed E-state index contributed by atoms with van der Waals surface area (Å²) in [6.07, 6.45) is 4.86. The average Bonchev–Trinajstić information content (AvgIpc) is 2.48. The Morgan fingerprint density at radius 3 is 2.81 bits per heavy atom. The van der Waals surface area contributed by atoms with E-state index in [0.29, 0.717) is 25.2 Å². The minimum absolute atomic E-state index is 0.381. The lowest BCUT2D eigenvalue weighted by atomic mass is 9.90. The van der Waals surface area contributed by atoms with Crippen LogP contribution < -0.4 is 14.8 Å². The van der Waals surface area contributed by atoms with Crippen molar-refractivity contribution in [2.75, 3.05) is 19.8 Å². The summed E-state index contributed by atoms with van der Waals surface area (Å²) in [4.78, 5) is 0. The molecule has 1 aromatic rings. The highest BCUT2D eigenvalue weighted by Gasteiger charge is 2.25. The number of benzene rings is 1. The molecule has 1 fully saturated rings. The highest BCUT2D eigenvalue weighted by atomic mass is 35.5. The number of hydrogen-bond acceptors (Lipinski definition) is 3. The summed E-state index contributed by atoms with van der Waals surface area (Å²) in [5.74, 6) is 1.92. The molecule has 1 aromatic carbocycles. The average molecular weight is 310 g/mol. The number of rotatable bonds is 3.